The number of nitro benzene ring substituents is 1. The maximum Gasteiger partial charge on any atom is 0.331 e. The van der Waals surface area contributed by atoms with E-state index < -0.39 is 10.9 Å². The Morgan fingerprint density at radius 3 is 2.31 bits per heavy atom. The van der Waals surface area contributed by atoms with Crippen LogP contribution in [0.1, 0.15) is 19.4 Å². The summed E-state index contributed by atoms with van der Waals surface area (Å²) in [6.45, 7) is 2.89. The first-order valence-corrected chi connectivity index (χ1v) is 4.47. The van der Waals surface area contributed by atoms with Crippen molar-refractivity contribution >= 4 is 17.4 Å². The molecule has 0 amide bonds. The Morgan fingerprint density at radius 2 is 1.88 bits per heavy atom. The molecule has 6 heteroatoms. The molecule has 0 fully saturated rings. The zero-order valence-corrected chi connectivity index (χ0v) is 8.84. The van der Waals surface area contributed by atoms with Gasteiger partial charge in [0.2, 0.25) is 0 Å². The van der Waals surface area contributed by atoms with Crippen molar-refractivity contribution in [1.29, 1.82) is 0 Å². The summed E-state index contributed by atoms with van der Waals surface area (Å²) in [6, 6.07) is 5.81. The standard InChI is InChI=1S/C10H10N2O4/c1-7(11-16-8(2)13)9-3-5-10(6-4-9)12(14)15/h3-6H,1-2H3/b11-7+. The second-order valence-electron chi connectivity index (χ2n) is 3.06. The number of benzene rings is 1. The third-order valence-corrected chi connectivity index (χ3v) is 1.81. The van der Waals surface area contributed by atoms with E-state index >= 15 is 0 Å². The summed E-state index contributed by atoms with van der Waals surface area (Å²) in [5, 5.41) is 14.0. The van der Waals surface area contributed by atoms with Gasteiger partial charge in [0.25, 0.3) is 5.69 Å². The van der Waals surface area contributed by atoms with Gasteiger partial charge in [-0.3, -0.25) is 10.1 Å². The first-order chi connectivity index (χ1) is 7.50. The number of nitrogens with zero attached hydrogens (tertiary/aromatic N) is 2. The summed E-state index contributed by atoms with van der Waals surface area (Å²) >= 11 is 0. The molecule has 6 nitrogen and oxygen atoms in total. The van der Waals surface area contributed by atoms with Crippen LogP contribution in [0.4, 0.5) is 5.69 Å². The Labute approximate surface area is 91.7 Å². The van der Waals surface area contributed by atoms with E-state index in [2.05, 4.69) is 9.99 Å². The SMILES string of the molecule is CC(=O)O/N=C(\C)c1ccc([N+](=O)[O-])cc1. The van der Waals surface area contributed by atoms with Crippen molar-refractivity contribution in [2.75, 3.05) is 0 Å². The van der Waals surface area contributed by atoms with Gasteiger partial charge in [-0.25, -0.2) is 4.79 Å². The molecule has 1 aromatic rings. The average Bonchev–Trinajstić information content (AvgIpc) is 2.26. The minimum absolute atomic E-state index is 0.00374. The first-order valence-electron chi connectivity index (χ1n) is 4.47. The van der Waals surface area contributed by atoms with Crippen LogP contribution >= 0.6 is 0 Å². The van der Waals surface area contributed by atoms with Gasteiger partial charge in [0.15, 0.2) is 0 Å². The Bertz CT molecular complexity index is 437. The lowest BCUT2D eigenvalue weighted by atomic mass is 10.1. The van der Waals surface area contributed by atoms with Crippen LogP contribution in [0.25, 0.3) is 0 Å². The highest BCUT2D eigenvalue weighted by atomic mass is 16.7. The fourth-order valence-corrected chi connectivity index (χ4v) is 1.01. The van der Waals surface area contributed by atoms with Gasteiger partial charge in [-0.05, 0) is 24.6 Å². The molecule has 0 aliphatic heterocycles. The Hall–Kier alpha value is -2.24. The van der Waals surface area contributed by atoms with Crippen LogP contribution in [0.5, 0.6) is 0 Å². The van der Waals surface area contributed by atoms with Crippen LogP contribution < -0.4 is 0 Å². The summed E-state index contributed by atoms with van der Waals surface area (Å²) in [5.74, 6) is -0.513. The zero-order valence-electron chi connectivity index (χ0n) is 8.84. The smallest absolute Gasteiger partial charge is 0.318 e. The summed E-state index contributed by atoms with van der Waals surface area (Å²) in [5.41, 5.74) is 1.14. The summed E-state index contributed by atoms with van der Waals surface area (Å²) < 4.78 is 0. The molecule has 84 valence electrons. The van der Waals surface area contributed by atoms with E-state index in [0.717, 1.165) is 0 Å². The minimum atomic E-state index is -0.513. The molecule has 0 spiro atoms. The predicted molar refractivity (Wildman–Crippen MR) is 57.1 cm³/mol. The molecule has 0 heterocycles. The second-order valence-corrected chi connectivity index (χ2v) is 3.06. The highest BCUT2D eigenvalue weighted by Gasteiger charge is 2.05. The van der Waals surface area contributed by atoms with Crippen molar-refractivity contribution in [3.63, 3.8) is 0 Å². The molecule has 0 aliphatic carbocycles. The van der Waals surface area contributed by atoms with E-state index in [4.69, 9.17) is 0 Å². The zero-order chi connectivity index (χ0) is 12.1. The molecule has 16 heavy (non-hydrogen) atoms. The largest absolute Gasteiger partial charge is 0.331 e. The highest BCUT2D eigenvalue weighted by Crippen LogP contribution is 2.12. The van der Waals surface area contributed by atoms with Gasteiger partial charge in [0.1, 0.15) is 0 Å². The van der Waals surface area contributed by atoms with E-state index in [1.165, 1.54) is 19.1 Å². The van der Waals surface area contributed by atoms with Crippen molar-refractivity contribution in [2.45, 2.75) is 13.8 Å². The molecular weight excluding hydrogens is 212 g/mol. The van der Waals surface area contributed by atoms with E-state index in [9.17, 15) is 14.9 Å². The van der Waals surface area contributed by atoms with Crippen molar-refractivity contribution < 1.29 is 14.6 Å². The van der Waals surface area contributed by atoms with Crippen LogP contribution in [0.3, 0.4) is 0 Å². The van der Waals surface area contributed by atoms with Gasteiger partial charge < -0.3 is 4.84 Å². The Kier molecular flexibility index (Phi) is 3.71. The third kappa shape index (κ3) is 3.16. The summed E-state index contributed by atoms with van der Waals surface area (Å²) in [4.78, 5) is 24.9. The fraction of sp³-hybridized carbons (Fsp3) is 0.200. The molecule has 0 unspecified atom stereocenters. The molecule has 0 saturated heterocycles. The quantitative estimate of drug-likeness (QED) is 0.338. The van der Waals surface area contributed by atoms with Crippen molar-refractivity contribution in [1.82, 2.24) is 0 Å². The number of nitro groups is 1. The average molecular weight is 222 g/mol. The summed E-state index contributed by atoms with van der Waals surface area (Å²) in [6.07, 6.45) is 0. The van der Waals surface area contributed by atoms with E-state index in [1.54, 1.807) is 19.1 Å². The van der Waals surface area contributed by atoms with Crippen LogP contribution in [0.15, 0.2) is 29.4 Å². The number of oxime groups is 1. The molecule has 0 radical (unpaired) electrons. The second kappa shape index (κ2) is 5.01. The van der Waals surface area contributed by atoms with E-state index in [-0.39, 0.29) is 5.69 Å². The molecule has 0 atom stereocenters. The molecule has 0 bridgehead atoms. The lowest BCUT2D eigenvalue weighted by molar-refractivity contribution is -0.384. The normalized spacial score (nSPS) is 11.0. The lowest BCUT2D eigenvalue weighted by Gasteiger charge is -1.99. The molecule has 0 aromatic heterocycles. The Morgan fingerprint density at radius 1 is 1.31 bits per heavy atom. The van der Waals surface area contributed by atoms with Gasteiger partial charge in [0, 0.05) is 19.1 Å². The van der Waals surface area contributed by atoms with Gasteiger partial charge in [-0.15, -0.1) is 0 Å². The van der Waals surface area contributed by atoms with Gasteiger partial charge >= 0.3 is 5.97 Å². The fourth-order valence-electron chi connectivity index (χ4n) is 1.01. The van der Waals surface area contributed by atoms with Crippen molar-refractivity contribution in [2.24, 2.45) is 5.16 Å². The lowest BCUT2D eigenvalue weighted by Crippen LogP contribution is -1.99. The van der Waals surface area contributed by atoms with Gasteiger partial charge in [0.05, 0.1) is 10.6 Å². The molecule has 1 rings (SSSR count). The van der Waals surface area contributed by atoms with Crippen molar-refractivity contribution in [3.05, 3.63) is 39.9 Å². The van der Waals surface area contributed by atoms with E-state index in [0.29, 0.717) is 11.3 Å². The van der Waals surface area contributed by atoms with Gasteiger partial charge in [-0.2, -0.15) is 0 Å². The molecule has 1 aromatic carbocycles. The topological polar surface area (TPSA) is 81.8 Å². The number of hydrogen-bond donors (Lipinski definition) is 0. The number of carbonyl (C=O) groups excluding carboxylic acids is 1. The maximum absolute atomic E-state index is 10.5. The van der Waals surface area contributed by atoms with Crippen LogP contribution in [-0.2, 0) is 9.63 Å². The molecule has 0 N–H and O–H groups in total. The van der Waals surface area contributed by atoms with Crippen LogP contribution in [0, 0.1) is 10.1 Å². The molecule has 0 saturated carbocycles. The van der Waals surface area contributed by atoms with Crippen molar-refractivity contribution in [3.8, 4) is 0 Å². The minimum Gasteiger partial charge on any atom is -0.318 e. The molecule has 0 aliphatic rings. The summed E-state index contributed by atoms with van der Waals surface area (Å²) in [7, 11) is 0. The third-order valence-electron chi connectivity index (χ3n) is 1.81. The van der Waals surface area contributed by atoms with Gasteiger partial charge in [-0.1, -0.05) is 5.16 Å². The molecular formula is C10H10N2O4. The monoisotopic (exact) mass is 222 g/mol. The number of non-ortho nitro benzene ring substituents is 1. The Balaban J connectivity index is 2.85. The van der Waals surface area contributed by atoms with Crippen LogP contribution in [0.2, 0.25) is 0 Å². The first kappa shape index (κ1) is 11.8. The predicted octanol–water partition coefficient (Wildman–Crippen LogP) is 1.88. The van der Waals surface area contributed by atoms with Crippen LogP contribution in [-0.4, -0.2) is 16.6 Å². The number of hydrogen-bond acceptors (Lipinski definition) is 5. The van der Waals surface area contributed by atoms with E-state index in [1.807, 2.05) is 0 Å². The highest BCUT2D eigenvalue weighted by molar-refractivity contribution is 5.98. The number of carbonyl (C=O) groups is 1. The number of rotatable bonds is 3. The maximum atomic E-state index is 10.5.